The number of hydrogen-bond acceptors (Lipinski definition) is 4. The fraction of sp³-hybridized carbons (Fsp3) is 0.474. The molecule has 0 saturated heterocycles. The molecule has 0 aliphatic rings. The summed E-state index contributed by atoms with van der Waals surface area (Å²) in [6.07, 6.45) is 1.76. The van der Waals surface area contributed by atoms with E-state index < -0.39 is 0 Å². The zero-order valence-corrected chi connectivity index (χ0v) is 16.7. The van der Waals surface area contributed by atoms with Gasteiger partial charge in [0.2, 0.25) is 0 Å². The predicted molar refractivity (Wildman–Crippen MR) is 107 cm³/mol. The van der Waals surface area contributed by atoms with Crippen molar-refractivity contribution in [2.75, 3.05) is 19.7 Å². The molecule has 0 unspecified atom stereocenters. The zero-order valence-electron chi connectivity index (χ0n) is 15.9. The summed E-state index contributed by atoms with van der Waals surface area (Å²) in [5, 5.41) is 10.6. The van der Waals surface area contributed by atoms with Gasteiger partial charge in [0.15, 0.2) is 11.4 Å². The van der Waals surface area contributed by atoms with Crippen molar-refractivity contribution in [1.29, 1.82) is 0 Å². The Morgan fingerprint density at radius 2 is 1.92 bits per heavy atom. The number of aromatic nitrogens is 2. The van der Waals surface area contributed by atoms with E-state index in [2.05, 4.69) is 29.6 Å². The largest absolute Gasteiger partial charge is 0.489 e. The minimum Gasteiger partial charge on any atom is -0.489 e. The summed E-state index contributed by atoms with van der Waals surface area (Å²) < 4.78 is 7.50. The molecule has 2 aromatic rings. The Morgan fingerprint density at radius 1 is 1.23 bits per heavy atom. The van der Waals surface area contributed by atoms with Crippen LogP contribution in [0.3, 0.4) is 0 Å². The Morgan fingerprint density at radius 3 is 2.54 bits per heavy atom. The van der Waals surface area contributed by atoms with Crippen molar-refractivity contribution in [1.82, 2.24) is 20.4 Å². The fourth-order valence-electron chi connectivity index (χ4n) is 2.34. The summed E-state index contributed by atoms with van der Waals surface area (Å²) >= 11 is 0. The van der Waals surface area contributed by atoms with E-state index in [1.807, 2.05) is 44.2 Å². The molecule has 1 amide bonds. The van der Waals surface area contributed by atoms with Crippen molar-refractivity contribution in [3.8, 4) is 11.4 Å². The summed E-state index contributed by atoms with van der Waals surface area (Å²) in [7, 11) is 0. The lowest BCUT2D eigenvalue weighted by atomic mass is 10.2. The van der Waals surface area contributed by atoms with Gasteiger partial charge in [-0.1, -0.05) is 39.0 Å². The summed E-state index contributed by atoms with van der Waals surface area (Å²) in [5.41, 5.74) is 1.20. The van der Waals surface area contributed by atoms with Gasteiger partial charge in [-0.05, 0) is 31.5 Å². The van der Waals surface area contributed by atoms with Crippen LogP contribution in [0.25, 0.3) is 5.69 Å². The maximum atomic E-state index is 12.6. The van der Waals surface area contributed by atoms with Crippen molar-refractivity contribution in [3.05, 3.63) is 42.2 Å². The minimum absolute atomic E-state index is 0. The molecule has 7 heteroatoms. The van der Waals surface area contributed by atoms with Gasteiger partial charge < -0.3 is 15.4 Å². The number of para-hydroxylation sites is 1. The highest BCUT2D eigenvalue weighted by atomic mass is 35.5. The van der Waals surface area contributed by atoms with Crippen LogP contribution in [0.2, 0.25) is 0 Å². The van der Waals surface area contributed by atoms with Crippen LogP contribution in [0.1, 0.15) is 38.2 Å². The number of halogens is 1. The van der Waals surface area contributed by atoms with Gasteiger partial charge >= 0.3 is 0 Å². The average Bonchev–Trinajstić information content (AvgIpc) is 3.03. The molecule has 2 N–H and O–H groups in total. The van der Waals surface area contributed by atoms with Gasteiger partial charge in [0.1, 0.15) is 0 Å². The number of likely N-dealkylation sites (N-methyl/N-ethyl adjacent to an activating group) is 1. The number of nitrogens with zero attached hydrogens (tertiary/aromatic N) is 2. The van der Waals surface area contributed by atoms with E-state index in [1.165, 1.54) is 0 Å². The molecule has 1 heterocycles. The molecule has 1 atom stereocenters. The first-order valence-electron chi connectivity index (χ1n) is 8.80. The van der Waals surface area contributed by atoms with Gasteiger partial charge in [0.05, 0.1) is 18.5 Å². The van der Waals surface area contributed by atoms with Gasteiger partial charge in [-0.2, -0.15) is 5.10 Å². The summed E-state index contributed by atoms with van der Waals surface area (Å²) in [4.78, 5) is 12.6. The average molecular weight is 381 g/mol. The van der Waals surface area contributed by atoms with Crippen LogP contribution in [-0.4, -0.2) is 41.4 Å². The van der Waals surface area contributed by atoms with Crippen LogP contribution in [0.15, 0.2) is 36.5 Å². The van der Waals surface area contributed by atoms with E-state index in [9.17, 15) is 4.79 Å². The van der Waals surface area contributed by atoms with E-state index in [4.69, 9.17) is 4.74 Å². The molecule has 0 spiro atoms. The Bertz CT molecular complexity index is 673. The molecule has 0 saturated carbocycles. The lowest BCUT2D eigenvalue weighted by Gasteiger charge is -2.13. The number of ether oxygens (including phenoxy) is 1. The lowest BCUT2D eigenvalue weighted by Crippen LogP contribution is -2.39. The van der Waals surface area contributed by atoms with Crippen LogP contribution in [0.5, 0.6) is 5.75 Å². The Kier molecular flexibility index (Phi) is 9.16. The van der Waals surface area contributed by atoms with Gasteiger partial charge in [0.25, 0.3) is 5.91 Å². The zero-order chi connectivity index (χ0) is 18.2. The second-order valence-corrected chi connectivity index (χ2v) is 6.50. The van der Waals surface area contributed by atoms with Crippen molar-refractivity contribution in [3.63, 3.8) is 0 Å². The van der Waals surface area contributed by atoms with Gasteiger partial charge in [-0.15, -0.1) is 12.4 Å². The van der Waals surface area contributed by atoms with E-state index in [-0.39, 0.29) is 24.4 Å². The molecule has 0 bridgehead atoms. The number of rotatable bonds is 9. The molecule has 1 aromatic carbocycles. The van der Waals surface area contributed by atoms with Gasteiger partial charge in [0, 0.05) is 12.6 Å². The van der Waals surface area contributed by atoms with Crippen molar-refractivity contribution in [2.24, 2.45) is 5.92 Å². The van der Waals surface area contributed by atoms with Gasteiger partial charge in [-0.25, -0.2) is 4.68 Å². The number of hydrogen-bond donors (Lipinski definition) is 2. The molecule has 0 radical (unpaired) electrons. The second-order valence-electron chi connectivity index (χ2n) is 6.50. The fourth-order valence-corrected chi connectivity index (χ4v) is 2.34. The third kappa shape index (κ3) is 6.35. The first kappa shape index (κ1) is 22.0. The number of carbonyl (C=O) groups is 1. The smallest absolute Gasteiger partial charge is 0.275 e. The van der Waals surface area contributed by atoms with E-state index in [0.29, 0.717) is 30.5 Å². The minimum atomic E-state index is -0.224. The Hall–Kier alpha value is -2.05. The quantitative estimate of drug-likeness (QED) is 0.701. The molecule has 26 heavy (non-hydrogen) atoms. The van der Waals surface area contributed by atoms with Crippen LogP contribution >= 0.6 is 12.4 Å². The SMILES string of the molecule is CCN[C@H](C)CNC(=O)c1nn(-c2ccccc2)cc1OCC(C)C.Cl. The standard InChI is InChI=1S/C19H28N4O2.ClH/c1-5-20-15(4)11-21-19(24)18-17(25-13-14(2)3)12-23(22-18)16-9-7-6-8-10-16;/h6-10,12,14-15,20H,5,11,13H2,1-4H3,(H,21,24);1H/t15-;/m1./s1. The molecular formula is C19H29ClN4O2. The Balaban J connectivity index is 0.00000338. The van der Waals surface area contributed by atoms with Crippen molar-refractivity contribution in [2.45, 2.75) is 33.7 Å². The van der Waals surface area contributed by atoms with E-state index in [1.54, 1.807) is 10.9 Å². The Labute approximate surface area is 161 Å². The maximum absolute atomic E-state index is 12.6. The molecule has 1 aromatic heterocycles. The topological polar surface area (TPSA) is 68.2 Å². The predicted octanol–water partition coefficient (Wildman–Crippen LogP) is 3.06. The molecule has 0 aliphatic heterocycles. The van der Waals surface area contributed by atoms with Crippen LogP contribution in [0.4, 0.5) is 0 Å². The van der Waals surface area contributed by atoms with E-state index in [0.717, 1.165) is 12.2 Å². The number of benzene rings is 1. The number of carbonyl (C=O) groups excluding carboxylic acids is 1. The molecule has 6 nitrogen and oxygen atoms in total. The lowest BCUT2D eigenvalue weighted by molar-refractivity contribution is 0.0940. The number of amides is 1. The van der Waals surface area contributed by atoms with Crippen molar-refractivity contribution < 1.29 is 9.53 Å². The van der Waals surface area contributed by atoms with Crippen LogP contribution < -0.4 is 15.4 Å². The maximum Gasteiger partial charge on any atom is 0.275 e. The molecular weight excluding hydrogens is 352 g/mol. The summed E-state index contributed by atoms with van der Waals surface area (Å²) in [6, 6.07) is 9.89. The second kappa shape index (κ2) is 10.8. The first-order valence-corrected chi connectivity index (χ1v) is 8.80. The first-order chi connectivity index (χ1) is 12.0. The molecule has 0 aliphatic carbocycles. The highest BCUT2D eigenvalue weighted by Gasteiger charge is 2.19. The molecule has 144 valence electrons. The third-order valence-corrected chi connectivity index (χ3v) is 3.61. The van der Waals surface area contributed by atoms with Gasteiger partial charge in [-0.3, -0.25) is 4.79 Å². The van der Waals surface area contributed by atoms with Crippen LogP contribution in [-0.2, 0) is 0 Å². The van der Waals surface area contributed by atoms with E-state index >= 15 is 0 Å². The molecule has 2 rings (SSSR count). The summed E-state index contributed by atoms with van der Waals surface area (Å²) in [6.45, 7) is 10.1. The molecule has 0 fully saturated rings. The normalized spacial score (nSPS) is 11.7. The number of nitrogens with one attached hydrogen (secondary N) is 2. The highest BCUT2D eigenvalue weighted by molar-refractivity contribution is 5.95. The third-order valence-electron chi connectivity index (χ3n) is 3.61. The monoisotopic (exact) mass is 380 g/mol. The summed E-state index contributed by atoms with van der Waals surface area (Å²) in [5.74, 6) is 0.647. The highest BCUT2D eigenvalue weighted by Crippen LogP contribution is 2.20. The van der Waals surface area contributed by atoms with Crippen molar-refractivity contribution >= 4 is 18.3 Å². The van der Waals surface area contributed by atoms with Crippen LogP contribution in [0, 0.1) is 5.92 Å².